The van der Waals surface area contributed by atoms with E-state index in [1.54, 1.807) is 36.4 Å². The predicted molar refractivity (Wildman–Crippen MR) is 139 cm³/mol. The van der Waals surface area contributed by atoms with E-state index in [4.69, 9.17) is 4.74 Å². The summed E-state index contributed by atoms with van der Waals surface area (Å²) in [5, 5.41) is 14.3. The van der Waals surface area contributed by atoms with Crippen LogP contribution in [0.25, 0.3) is 0 Å². The van der Waals surface area contributed by atoms with Gasteiger partial charge >= 0.3 is 6.03 Å². The smallest absolute Gasteiger partial charge is 0.317 e. The zero-order valence-corrected chi connectivity index (χ0v) is 22.7. The summed E-state index contributed by atoms with van der Waals surface area (Å²) in [7, 11) is -2.13. The molecule has 0 saturated heterocycles. The molecular formula is C24H34N4O6S2. The van der Waals surface area contributed by atoms with Crippen LogP contribution in [-0.4, -0.2) is 80.2 Å². The molecule has 36 heavy (non-hydrogen) atoms. The predicted octanol–water partition coefficient (Wildman–Crippen LogP) is 2.82. The highest BCUT2D eigenvalue weighted by Gasteiger charge is 2.34. The van der Waals surface area contributed by atoms with Crippen molar-refractivity contribution in [1.29, 1.82) is 0 Å². The fraction of sp³-hybridized carbons (Fsp3) is 0.500. The lowest BCUT2D eigenvalue weighted by Gasteiger charge is -2.38. The molecular weight excluding hydrogens is 504 g/mol. The average molecular weight is 539 g/mol. The van der Waals surface area contributed by atoms with Crippen molar-refractivity contribution in [1.82, 2.24) is 15.1 Å². The van der Waals surface area contributed by atoms with E-state index in [0.717, 1.165) is 11.3 Å². The molecule has 3 atom stereocenters. The van der Waals surface area contributed by atoms with Gasteiger partial charge in [0.2, 0.25) is 0 Å². The van der Waals surface area contributed by atoms with Crippen molar-refractivity contribution >= 4 is 39.0 Å². The Bertz CT molecular complexity index is 1170. The number of ether oxygens (including phenoxy) is 1. The molecule has 0 spiro atoms. The number of sulfonamides is 1. The minimum Gasteiger partial charge on any atom is -0.487 e. The molecule has 3 rings (SSSR count). The summed E-state index contributed by atoms with van der Waals surface area (Å²) in [6, 6.07) is 6.95. The van der Waals surface area contributed by atoms with Gasteiger partial charge in [-0.1, -0.05) is 13.0 Å². The molecule has 0 bridgehead atoms. The third kappa shape index (κ3) is 6.48. The fourth-order valence-electron chi connectivity index (χ4n) is 3.84. The fourth-order valence-corrected chi connectivity index (χ4v) is 5.88. The van der Waals surface area contributed by atoms with Gasteiger partial charge in [0.05, 0.1) is 24.8 Å². The molecule has 3 N–H and O–H groups in total. The van der Waals surface area contributed by atoms with Gasteiger partial charge in [0.1, 0.15) is 16.1 Å². The number of urea groups is 1. The van der Waals surface area contributed by atoms with E-state index < -0.39 is 22.2 Å². The van der Waals surface area contributed by atoms with Gasteiger partial charge < -0.3 is 25.0 Å². The van der Waals surface area contributed by atoms with Gasteiger partial charge in [-0.2, -0.15) is 0 Å². The van der Waals surface area contributed by atoms with E-state index in [1.807, 2.05) is 20.8 Å². The Labute approximate surface area is 216 Å². The van der Waals surface area contributed by atoms with Crippen LogP contribution in [0.5, 0.6) is 5.75 Å². The maximum atomic E-state index is 13.5. The molecule has 0 saturated carbocycles. The number of benzene rings is 1. The Balaban J connectivity index is 1.95. The number of anilines is 1. The van der Waals surface area contributed by atoms with Gasteiger partial charge in [-0.05, 0) is 50.4 Å². The molecule has 198 valence electrons. The summed E-state index contributed by atoms with van der Waals surface area (Å²) in [6.07, 6.45) is -0.457. The molecule has 3 amide bonds. The quantitative estimate of drug-likeness (QED) is 0.474. The molecule has 2 heterocycles. The summed E-state index contributed by atoms with van der Waals surface area (Å²) in [5.41, 5.74) is 0.391. The van der Waals surface area contributed by atoms with Gasteiger partial charge in [-0.25, -0.2) is 13.2 Å². The van der Waals surface area contributed by atoms with E-state index in [0.29, 0.717) is 0 Å². The third-order valence-corrected chi connectivity index (χ3v) is 8.67. The lowest BCUT2D eigenvalue weighted by atomic mass is 9.99. The Morgan fingerprint density at radius 1 is 1.31 bits per heavy atom. The molecule has 0 fully saturated rings. The number of nitrogens with zero attached hydrogens (tertiary/aromatic N) is 2. The second kappa shape index (κ2) is 11.5. The zero-order chi connectivity index (χ0) is 26.6. The van der Waals surface area contributed by atoms with Crippen LogP contribution >= 0.6 is 11.3 Å². The first kappa shape index (κ1) is 27.8. The second-order valence-electron chi connectivity index (χ2n) is 9.36. The van der Waals surface area contributed by atoms with Gasteiger partial charge in [0, 0.05) is 31.2 Å². The SMILES string of the molecule is CC(C)NC(=O)N(C)C[C@H]1Oc2ccc(NS(=O)(=O)c3cccs3)cc2C(=O)N([C@@H](C)CO)C[C@H]1C. The third-order valence-electron chi connectivity index (χ3n) is 5.89. The second-order valence-corrected chi connectivity index (χ2v) is 12.2. The monoisotopic (exact) mass is 538 g/mol. The average Bonchev–Trinajstić information content (AvgIpc) is 3.36. The van der Waals surface area contributed by atoms with E-state index in [2.05, 4.69) is 10.0 Å². The Morgan fingerprint density at radius 2 is 2.03 bits per heavy atom. The summed E-state index contributed by atoms with van der Waals surface area (Å²) >= 11 is 1.09. The molecule has 1 aromatic carbocycles. The molecule has 0 aliphatic carbocycles. The number of carbonyl (C=O) groups is 2. The van der Waals surface area contributed by atoms with Crippen molar-refractivity contribution in [2.45, 2.75) is 50.1 Å². The number of likely N-dealkylation sites (N-methyl/N-ethyl adjacent to an activating group) is 1. The number of thiophene rings is 1. The molecule has 1 aliphatic heterocycles. The van der Waals surface area contributed by atoms with Gasteiger partial charge in [0.25, 0.3) is 15.9 Å². The molecule has 1 aromatic heterocycles. The Hall–Kier alpha value is -2.83. The van der Waals surface area contributed by atoms with E-state index in [1.165, 1.54) is 23.1 Å². The van der Waals surface area contributed by atoms with Gasteiger partial charge in [-0.3, -0.25) is 9.52 Å². The van der Waals surface area contributed by atoms with Crippen molar-refractivity contribution in [3.8, 4) is 5.75 Å². The number of amides is 3. The number of hydrogen-bond acceptors (Lipinski definition) is 7. The number of hydrogen-bond donors (Lipinski definition) is 3. The Morgan fingerprint density at radius 3 is 2.64 bits per heavy atom. The highest BCUT2D eigenvalue weighted by Crippen LogP contribution is 2.31. The minimum atomic E-state index is -3.81. The van der Waals surface area contributed by atoms with Crippen LogP contribution < -0.4 is 14.8 Å². The number of rotatable bonds is 8. The molecule has 1 aliphatic rings. The molecule has 2 aromatic rings. The summed E-state index contributed by atoms with van der Waals surface area (Å²) in [5.74, 6) is -0.259. The normalized spacial score (nSPS) is 19.1. The van der Waals surface area contributed by atoms with Crippen LogP contribution in [0.2, 0.25) is 0 Å². The standard InChI is InChI=1S/C24H34N4O6S2/c1-15(2)25-24(31)27(5)13-21-16(3)12-28(17(4)14-29)23(30)19-11-18(8-9-20(19)34-21)26-36(32,33)22-7-6-10-35-22/h6-11,15-17,21,26,29H,12-14H2,1-5H3,(H,25,31)/t16-,17+,21-/m1/s1. The topological polar surface area (TPSA) is 128 Å². The molecule has 0 unspecified atom stereocenters. The largest absolute Gasteiger partial charge is 0.487 e. The summed E-state index contributed by atoms with van der Waals surface area (Å²) in [6.45, 7) is 7.74. The molecule has 10 nitrogen and oxygen atoms in total. The number of aliphatic hydroxyl groups is 1. The first-order chi connectivity index (χ1) is 16.9. The number of nitrogens with one attached hydrogen (secondary N) is 2. The van der Waals surface area contributed by atoms with Crippen molar-refractivity contribution in [3.63, 3.8) is 0 Å². The lowest BCUT2D eigenvalue weighted by molar-refractivity contribution is 0.0366. The van der Waals surface area contributed by atoms with Crippen LogP contribution in [0.4, 0.5) is 10.5 Å². The maximum absolute atomic E-state index is 13.5. The van der Waals surface area contributed by atoms with Crippen molar-refractivity contribution in [2.75, 3.05) is 31.5 Å². The van der Waals surface area contributed by atoms with Crippen LogP contribution in [0, 0.1) is 5.92 Å². The van der Waals surface area contributed by atoms with Crippen molar-refractivity contribution in [3.05, 3.63) is 41.3 Å². The zero-order valence-electron chi connectivity index (χ0n) is 21.1. The van der Waals surface area contributed by atoms with Crippen molar-refractivity contribution in [2.24, 2.45) is 5.92 Å². The highest BCUT2D eigenvalue weighted by atomic mass is 32.2. The number of fused-ring (bicyclic) bond motifs is 1. The van der Waals surface area contributed by atoms with E-state index in [-0.39, 0.29) is 64.8 Å². The summed E-state index contributed by atoms with van der Waals surface area (Å²) < 4.78 is 34.3. The van der Waals surface area contributed by atoms with Gasteiger partial charge in [0.15, 0.2) is 0 Å². The van der Waals surface area contributed by atoms with Crippen LogP contribution in [0.15, 0.2) is 39.9 Å². The minimum absolute atomic E-state index is 0.0220. The summed E-state index contributed by atoms with van der Waals surface area (Å²) in [4.78, 5) is 29.1. The van der Waals surface area contributed by atoms with Crippen LogP contribution in [0.3, 0.4) is 0 Å². The van der Waals surface area contributed by atoms with Crippen LogP contribution in [0.1, 0.15) is 38.1 Å². The highest BCUT2D eigenvalue weighted by molar-refractivity contribution is 7.94. The van der Waals surface area contributed by atoms with E-state index >= 15 is 0 Å². The van der Waals surface area contributed by atoms with Gasteiger partial charge in [-0.15, -0.1) is 11.3 Å². The molecule has 12 heteroatoms. The maximum Gasteiger partial charge on any atom is 0.317 e. The number of aliphatic hydroxyl groups excluding tert-OH is 1. The molecule has 0 radical (unpaired) electrons. The van der Waals surface area contributed by atoms with Crippen LogP contribution in [-0.2, 0) is 10.0 Å². The number of carbonyl (C=O) groups excluding carboxylic acids is 2. The Kier molecular flexibility index (Phi) is 8.85. The first-order valence-corrected chi connectivity index (χ1v) is 14.1. The van der Waals surface area contributed by atoms with E-state index in [9.17, 15) is 23.1 Å². The first-order valence-electron chi connectivity index (χ1n) is 11.7. The lowest BCUT2D eigenvalue weighted by Crippen LogP contribution is -2.51. The van der Waals surface area contributed by atoms with Crippen molar-refractivity contribution < 1.29 is 27.9 Å².